The largest absolute Gasteiger partial charge is 0.338 e. The standard InChI is InChI=1S/C22H24Cl2N2O2S2/c1-15(29-19-7-3-17(23)4-8-19)21(27)25-11-13-26(14-12-25)22(28)16(2)30-20-9-5-18(24)6-10-20/h3-10,15-16H,11-14H2,1-2H3/t15-,16+. The molecule has 0 radical (unpaired) electrons. The van der Waals surface area contributed by atoms with Crippen molar-refractivity contribution < 1.29 is 9.59 Å². The molecule has 1 aliphatic rings. The highest BCUT2D eigenvalue weighted by molar-refractivity contribution is 8.00. The first kappa shape index (κ1) is 23.3. The summed E-state index contributed by atoms with van der Waals surface area (Å²) in [5.74, 6) is 0.205. The first-order chi connectivity index (χ1) is 14.3. The smallest absolute Gasteiger partial charge is 0.235 e. The lowest BCUT2D eigenvalue weighted by Gasteiger charge is -2.36. The van der Waals surface area contributed by atoms with Gasteiger partial charge < -0.3 is 9.80 Å². The summed E-state index contributed by atoms with van der Waals surface area (Å²) >= 11 is 14.9. The number of piperazine rings is 1. The summed E-state index contributed by atoms with van der Waals surface area (Å²) in [6, 6.07) is 15.0. The van der Waals surface area contributed by atoms with Gasteiger partial charge in [0.05, 0.1) is 10.5 Å². The van der Waals surface area contributed by atoms with Gasteiger partial charge in [0.1, 0.15) is 0 Å². The van der Waals surface area contributed by atoms with Crippen molar-refractivity contribution in [1.82, 2.24) is 9.80 Å². The summed E-state index contributed by atoms with van der Waals surface area (Å²) in [5.41, 5.74) is 0. The van der Waals surface area contributed by atoms with E-state index in [1.165, 1.54) is 23.5 Å². The van der Waals surface area contributed by atoms with Crippen molar-refractivity contribution in [3.63, 3.8) is 0 Å². The number of carbonyl (C=O) groups is 2. The zero-order chi connectivity index (χ0) is 21.7. The topological polar surface area (TPSA) is 40.6 Å². The number of hydrogen-bond acceptors (Lipinski definition) is 4. The molecule has 1 heterocycles. The zero-order valence-electron chi connectivity index (χ0n) is 16.9. The van der Waals surface area contributed by atoms with E-state index in [1.807, 2.05) is 72.2 Å². The van der Waals surface area contributed by atoms with E-state index in [0.717, 1.165) is 9.79 Å². The third-order valence-electron chi connectivity index (χ3n) is 4.85. The third-order valence-corrected chi connectivity index (χ3v) is 7.55. The van der Waals surface area contributed by atoms with Crippen LogP contribution in [-0.4, -0.2) is 58.3 Å². The monoisotopic (exact) mass is 482 g/mol. The van der Waals surface area contributed by atoms with Crippen LogP contribution in [0.2, 0.25) is 10.0 Å². The number of benzene rings is 2. The van der Waals surface area contributed by atoms with Crippen molar-refractivity contribution in [2.75, 3.05) is 26.2 Å². The number of rotatable bonds is 6. The summed E-state index contributed by atoms with van der Waals surface area (Å²) < 4.78 is 0. The van der Waals surface area contributed by atoms with Gasteiger partial charge in [-0.3, -0.25) is 9.59 Å². The number of nitrogens with zero attached hydrogens (tertiary/aromatic N) is 2. The van der Waals surface area contributed by atoms with Gasteiger partial charge in [-0.15, -0.1) is 23.5 Å². The van der Waals surface area contributed by atoms with Crippen LogP contribution in [0.1, 0.15) is 13.8 Å². The highest BCUT2D eigenvalue weighted by Crippen LogP contribution is 2.28. The molecule has 2 aromatic carbocycles. The second kappa shape index (κ2) is 10.8. The maximum absolute atomic E-state index is 12.8. The van der Waals surface area contributed by atoms with Crippen LogP contribution in [0, 0.1) is 0 Å². The number of carbonyl (C=O) groups excluding carboxylic acids is 2. The average Bonchev–Trinajstić information content (AvgIpc) is 2.76. The van der Waals surface area contributed by atoms with E-state index in [0.29, 0.717) is 36.2 Å². The van der Waals surface area contributed by atoms with Crippen LogP contribution in [0.15, 0.2) is 58.3 Å². The summed E-state index contributed by atoms with van der Waals surface area (Å²) in [7, 11) is 0. The van der Waals surface area contributed by atoms with Gasteiger partial charge in [0.25, 0.3) is 0 Å². The Bertz CT molecular complexity index is 796. The normalized spacial score (nSPS) is 16.3. The molecule has 0 saturated carbocycles. The van der Waals surface area contributed by atoms with E-state index >= 15 is 0 Å². The third kappa shape index (κ3) is 6.33. The first-order valence-corrected chi connectivity index (χ1v) is 12.3. The van der Waals surface area contributed by atoms with Gasteiger partial charge in [0, 0.05) is 46.0 Å². The zero-order valence-corrected chi connectivity index (χ0v) is 20.0. The van der Waals surface area contributed by atoms with Gasteiger partial charge >= 0.3 is 0 Å². The molecule has 2 aromatic rings. The molecule has 1 aliphatic heterocycles. The number of halogens is 2. The van der Waals surface area contributed by atoms with Crippen molar-refractivity contribution in [3.8, 4) is 0 Å². The van der Waals surface area contributed by atoms with Crippen LogP contribution in [-0.2, 0) is 9.59 Å². The van der Waals surface area contributed by atoms with E-state index in [4.69, 9.17) is 23.2 Å². The second-order valence-corrected chi connectivity index (χ2v) is 10.8. The molecule has 2 atom stereocenters. The van der Waals surface area contributed by atoms with Gasteiger partial charge in [0.2, 0.25) is 11.8 Å². The van der Waals surface area contributed by atoms with Crippen LogP contribution in [0.4, 0.5) is 0 Å². The lowest BCUT2D eigenvalue weighted by atomic mass is 10.2. The van der Waals surface area contributed by atoms with Crippen molar-refractivity contribution in [2.45, 2.75) is 34.1 Å². The lowest BCUT2D eigenvalue weighted by Crippen LogP contribution is -2.53. The second-order valence-electron chi connectivity index (χ2n) is 7.08. The molecular weight excluding hydrogens is 459 g/mol. The fourth-order valence-corrected chi connectivity index (χ4v) is 5.35. The van der Waals surface area contributed by atoms with E-state index < -0.39 is 0 Å². The molecule has 8 heteroatoms. The Morgan fingerprint density at radius 3 is 1.30 bits per heavy atom. The Balaban J connectivity index is 1.48. The number of thioether (sulfide) groups is 2. The molecule has 30 heavy (non-hydrogen) atoms. The van der Waals surface area contributed by atoms with E-state index in [-0.39, 0.29) is 22.3 Å². The number of amides is 2. The quantitative estimate of drug-likeness (QED) is 0.521. The Morgan fingerprint density at radius 1 is 0.700 bits per heavy atom. The fourth-order valence-electron chi connectivity index (χ4n) is 3.20. The van der Waals surface area contributed by atoms with Crippen molar-refractivity contribution >= 4 is 58.5 Å². The number of hydrogen-bond donors (Lipinski definition) is 0. The highest BCUT2D eigenvalue weighted by Gasteiger charge is 2.29. The van der Waals surface area contributed by atoms with Gasteiger partial charge in [-0.2, -0.15) is 0 Å². The maximum atomic E-state index is 12.8. The summed E-state index contributed by atoms with van der Waals surface area (Å²) in [6.07, 6.45) is 0. The molecule has 0 N–H and O–H groups in total. The molecule has 160 valence electrons. The first-order valence-electron chi connectivity index (χ1n) is 9.75. The maximum Gasteiger partial charge on any atom is 0.235 e. The van der Waals surface area contributed by atoms with Crippen LogP contribution >= 0.6 is 46.7 Å². The summed E-state index contributed by atoms with van der Waals surface area (Å²) in [4.78, 5) is 31.4. The molecule has 0 spiro atoms. The van der Waals surface area contributed by atoms with Crippen LogP contribution < -0.4 is 0 Å². The molecular formula is C22H24Cl2N2O2S2. The molecule has 1 fully saturated rings. The Hall–Kier alpha value is -1.34. The minimum Gasteiger partial charge on any atom is -0.338 e. The van der Waals surface area contributed by atoms with Crippen LogP contribution in [0.3, 0.4) is 0 Å². The molecule has 0 unspecified atom stereocenters. The van der Waals surface area contributed by atoms with E-state index in [9.17, 15) is 9.59 Å². The van der Waals surface area contributed by atoms with Crippen molar-refractivity contribution in [2.24, 2.45) is 0 Å². The van der Waals surface area contributed by atoms with Crippen molar-refractivity contribution in [3.05, 3.63) is 58.6 Å². The summed E-state index contributed by atoms with van der Waals surface area (Å²) in [5, 5.41) is 0.991. The summed E-state index contributed by atoms with van der Waals surface area (Å²) in [6.45, 7) is 6.10. The molecule has 4 nitrogen and oxygen atoms in total. The minimum atomic E-state index is -0.187. The van der Waals surface area contributed by atoms with E-state index in [2.05, 4.69) is 0 Å². The Labute approximate surface area is 196 Å². The molecule has 0 aliphatic carbocycles. The van der Waals surface area contributed by atoms with Crippen LogP contribution in [0.5, 0.6) is 0 Å². The Kier molecular flexibility index (Phi) is 8.40. The fraction of sp³-hybridized carbons (Fsp3) is 0.364. The highest BCUT2D eigenvalue weighted by atomic mass is 35.5. The predicted octanol–water partition coefficient (Wildman–Crippen LogP) is 5.33. The lowest BCUT2D eigenvalue weighted by molar-refractivity contribution is -0.138. The molecule has 0 aromatic heterocycles. The molecule has 2 amide bonds. The molecule has 1 saturated heterocycles. The van der Waals surface area contributed by atoms with Crippen LogP contribution in [0.25, 0.3) is 0 Å². The predicted molar refractivity (Wildman–Crippen MR) is 127 cm³/mol. The van der Waals surface area contributed by atoms with E-state index in [1.54, 1.807) is 0 Å². The SMILES string of the molecule is C[C@H](Sc1ccc(Cl)cc1)C(=O)N1CCN(C(=O)[C@@H](C)Sc2ccc(Cl)cc2)CC1. The van der Waals surface area contributed by atoms with Gasteiger partial charge in [-0.05, 0) is 62.4 Å². The molecule has 3 rings (SSSR count). The molecule has 0 bridgehead atoms. The van der Waals surface area contributed by atoms with Gasteiger partial charge in [-0.1, -0.05) is 23.2 Å². The minimum absolute atomic E-state index is 0.102. The van der Waals surface area contributed by atoms with Gasteiger partial charge in [-0.25, -0.2) is 0 Å². The average molecular weight is 483 g/mol. The van der Waals surface area contributed by atoms with Gasteiger partial charge in [0.15, 0.2) is 0 Å². The van der Waals surface area contributed by atoms with Crippen molar-refractivity contribution in [1.29, 1.82) is 0 Å². The Morgan fingerprint density at radius 2 is 1.00 bits per heavy atom.